The molecule has 0 unspecified atom stereocenters. The van der Waals surface area contributed by atoms with E-state index in [2.05, 4.69) is 0 Å². The molecule has 0 spiro atoms. The third-order valence-electron chi connectivity index (χ3n) is 1.44. The molecule has 4 nitrogen and oxygen atoms in total. The second-order valence-corrected chi connectivity index (χ2v) is 3.12. The monoisotopic (exact) mass is 155 g/mol. The second kappa shape index (κ2) is 2.15. The number of hydrogen-bond acceptors (Lipinski definition) is 4. The molecule has 1 N–H and O–H groups in total. The average Bonchev–Trinajstić information content (AvgIpc) is 1.81. The molecule has 1 rings (SSSR count). The number of ether oxygens (including phenoxy) is 1. The van der Waals surface area contributed by atoms with Gasteiger partial charge in [-0.2, -0.15) is 0 Å². The van der Waals surface area contributed by atoms with E-state index in [0.717, 1.165) is 0 Å². The molecule has 0 amide bonds. The summed E-state index contributed by atoms with van der Waals surface area (Å²) in [6.07, 6.45) is 0.109. The van der Waals surface area contributed by atoms with Crippen molar-refractivity contribution in [3.8, 4) is 0 Å². The molecule has 60 valence electrons. The summed E-state index contributed by atoms with van der Waals surface area (Å²) in [5, 5.41) is 6.95. The first-order valence-electron chi connectivity index (χ1n) is 3.27. The number of carbonyl (C=O) groups excluding carboxylic acids is 2. The first-order chi connectivity index (χ1) is 4.92. The lowest BCUT2D eigenvalue weighted by Gasteiger charge is -2.28. The van der Waals surface area contributed by atoms with Crippen molar-refractivity contribution < 1.29 is 14.3 Å². The van der Waals surface area contributed by atoms with Crippen LogP contribution in [0.5, 0.6) is 0 Å². The molecule has 1 heterocycles. The Morgan fingerprint density at radius 1 is 1.45 bits per heavy atom. The molecule has 0 aromatic heterocycles. The molecule has 0 bridgehead atoms. The van der Waals surface area contributed by atoms with Gasteiger partial charge in [0, 0.05) is 0 Å². The van der Waals surface area contributed by atoms with Gasteiger partial charge in [-0.15, -0.1) is 0 Å². The number of ketones is 1. The van der Waals surface area contributed by atoms with Gasteiger partial charge in [-0.3, -0.25) is 10.2 Å². The lowest BCUT2D eigenvalue weighted by atomic mass is 9.96. The number of carbonyl (C=O) groups is 2. The Bertz CT molecular complexity index is 220. The van der Waals surface area contributed by atoms with Gasteiger partial charge < -0.3 is 4.74 Å². The highest BCUT2D eigenvalue weighted by atomic mass is 16.6. The summed E-state index contributed by atoms with van der Waals surface area (Å²) >= 11 is 0. The van der Waals surface area contributed by atoms with Crippen molar-refractivity contribution in [3.05, 3.63) is 0 Å². The fraction of sp³-hybridized carbons (Fsp3) is 0.571. The largest absolute Gasteiger partial charge is 0.454 e. The van der Waals surface area contributed by atoms with E-state index in [4.69, 9.17) is 10.1 Å². The molecule has 0 saturated carbocycles. The predicted octanol–water partition coefficient (Wildman–Crippen LogP) is 0.301. The number of Topliss-reactive ketones (excluding diaryl/α,β-unsaturated/α-hetero) is 1. The van der Waals surface area contributed by atoms with Crippen molar-refractivity contribution in [2.75, 3.05) is 0 Å². The maximum atomic E-state index is 10.9. The summed E-state index contributed by atoms with van der Waals surface area (Å²) in [5.74, 6) is -1.25. The zero-order valence-electron chi connectivity index (χ0n) is 6.43. The first kappa shape index (κ1) is 7.91. The quantitative estimate of drug-likeness (QED) is 0.511. The van der Waals surface area contributed by atoms with Gasteiger partial charge in [0.05, 0.1) is 6.42 Å². The highest BCUT2D eigenvalue weighted by Gasteiger charge is 2.37. The van der Waals surface area contributed by atoms with E-state index in [-0.39, 0.29) is 6.42 Å². The van der Waals surface area contributed by atoms with Gasteiger partial charge in [-0.25, -0.2) is 4.79 Å². The van der Waals surface area contributed by atoms with E-state index in [1.807, 2.05) is 0 Å². The molecular formula is C7H9NO3. The minimum Gasteiger partial charge on any atom is -0.454 e. The molecular weight excluding hydrogens is 146 g/mol. The first-order valence-corrected chi connectivity index (χ1v) is 3.27. The van der Waals surface area contributed by atoms with Crippen molar-refractivity contribution >= 4 is 17.5 Å². The summed E-state index contributed by atoms with van der Waals surface area (Å²) in [6.45, 7) is 3.30. The smallest absolute Gasteiger partial charge is 0.360 e. The molecule has 0 aromatic carbocycles. The van der Waals surface area contributed by atoms with E-state index in [1.54, 1.807) is 13.8 Å². The minimum absolute atomic E-state index is 0.109. The zero-order valence-corrected chi connectivity index (χ0v) is 6.43. The van der Waals surface area contributed by atoms with Crippen molar-refractivity contribution in [2.24, 2.45) is 0 Å². The van der Waals surface area contributed by atoms with Crippen LogP contribution in [0.3, 0.4) is 0 Å². The molecule has 11 heavy (non-hydrogen) atoms. The SMILES string of the molecule is CC1(C)CC(=O)C(=N)C(=O)O1. The Morgan fingerprint density at radius 2 is 2.00 bits per heavy atom. The average molecular weight is 155 g/mol. The van der Waals surface area contributed by atoms with E-state index < -0.39 is 23.1 Å². The maximum absolute atomic E-state index is 10.9. The summed E-state index contributed by atoms with van der Waals surface area (Å²) in [6, 6.07) is 0. The van der Waals surface area contributed by atoms with Crippen molar-refractivity contribution in [2.45, 2.75) is 25.9 Å². The van der Waals surface area contributed by atoms with Gasteiger partial charge in [-0.1, -0.05) is 0 Å². The number of cyclic esters (lactones) is 1. The van der Waals surface area contributed by atoms with Crippen LogP contribution >= 0.6 is 0 Å². The highest BCUT2D eigenvalue weighted by molar-refractivity contribution is 6.64. The second-order valence-electron chi connectivity index (χ2n) is 3.12. The highest BCUT2D eigenvalue weighted by Crippen LogP contribution is 2.20. The normalized spacial score (nSPS) is 23.3. The Balaban J connectivity index is 2.87. The van der Waals surface area contributed by atoms with Crippen LogP contribution in [0, 0.1) is 5.41 Å². The third-order valence-corrected chi connectivity index (χ3v) is 1.44. The van der Waals surface area contributed by atoms with Crippen LogP contribution < -0.4 is 0 Å². The van der Waals surface area contributed by atoms with Crippen LogP contribution in [0.4, 0.5) is 0 Å². The molecule has 1 saturated heterocycles. The van der Waals surface area contributed by atoms with Crippen molar-refractivity contribution in [1.29, 1.82) is 5.41 Å². The molecule has 0 aliphatic carbocycles. The lowest BCUT2D eigenvalue weighted by Crippen LogP contribution is -2.43. The van der Waals surface area contributed by atoms with Gasteiger partial charge in [-0.05, 0) is 13.8 Å². The Kier molecular flexibility index (Phi) is 1.55. The standard InChI is InChI=1S/C7H9NO3/c1-7(2)3-4(9)5(8)6(10)11-7/h8H,3H2,1-2H3. The summed E-state index contributed by atoms with van der Waals surface area (Å²) in [4.78, 5) is 21.6. The zero-order chi connectivity index (χ0) is 8.65. The molecule has 1 aliphatic heterocycles. The molecule has 0 aromatic rings. The van der Waals surface area contributed by atoms with Gasteiger partial charge in [0.15, 0.2) is 11.5 Å². The predicted molar refractivity (Wildman–Crippen MR) is 37.5 cm³/mol. The van der Waals surface area contributed by atoms with Gasteiger partial charge in [0.1, 0.15) is 5.60 Å². The van der Waals surface area contributed by atoms with Gasteiger partial charge in [0.2, 0.25) is 0 Å². The minimum atomic E-state index is -0.814. The Morgan fingerprint density at radius 3 is 2.45 bits per heavy atom. The number of nitrogens with one attached hydrogen (secondary N) is 1. The van der Waals surface area contributed by atoms with E-state index in [0.29, 0.717) is 0 Å². The van der Waals surface area contributed by atoms with Gasteiger partial charge in [0.25, 0.3) is 0 Å². The fourth-order valence-electron chi connectivity index (χ4n) is 0.927. The van der Waals surface area contributed by atoms with Crippen molar-refractivity contribution in [1.82, 2.24) is 0 Å². The van der Waals surface area contributed by atoms with Gasteiger partial charge >= 0.3 is 5.97 Å². The lowest BCUT2D eigenvalue weighted by molar-refractivity contribution is -0.153. The summed E-state index contributed by atoms with van der Waals surface area (Å²) < 4.78 is 4.77. The number of hydrogen-bond donors (Lipinski definition) is 1. The Labute approximate surface area is 64.0 Å². The summed E-state index contributed by atoms with van der Waals surface area (Å²) in [7, 11) is 0. The summed E-state index contributed by atoms with van der Waals surface area (Å²) in [5.41, 5.74) is -1.28. The molecule has 0 radical (unpaired) electrons. The molecule has 1 fully saturated rings. The van der Waals surface area contributed by atoms with E-state index >= 15 is 0 Å². The number of esters is 1. The van der Waals surface area contributed by atoms with Crippen molar-refractivity contribution in [3.63, 3.8) is 0 Å². The Hall–Kier alpha value is -1.19. The van der Waals surface area contributed by atoms with Crippen LogP contribution in [0.25, 0.3) is 0 Å². The van der Waals surface area contributed by atoms with E-state index in [1.165, 1.54) is 0 Å². The van der Waals surface area contributed by atoms with Crippen LogP contribution in [0.2, 0.25) is 0 Å². The third kappa shape index (κ3) is 1.45. The molecule has 1 aliphatic rings. The topological polar surface area (TPSA) is 67.2 Å². The van der Waals surface area contributed by atoms with Crippen LogP contribution in [0.15, 0.2) is 0 Å². The van der Waals surface area contributed by atoms with Crippen LogP contribution in [-0.2, 0) is 14.3 Å². The number of rotatable bonds is 0. The van der Waals surface area contributed by atoms with E-state index in [9.17, 15) is 9.59 Å². The molecule has 0 atom stereocenters. The fourth-order valence-corrected chi connectivity index (χ4v) is 0.927. The molecule has 4 heteroatoms. The van der Waals surface area contributed by atoms with Crippen LogP contribution in [0.1, 0.15) is 20.3 Å². The maximum Gasteiger partial charge on any atom is 0.360 e. The van der Waals surface area contributed by atoms with Crippen LogP contribution in [-0.4, -0.2) is 23.1 Å².